The van der Waals surface area contributed by atoms with Crippen LogP contribution in [-0.4, -0.2) is 10.4 Å². The van der Waals surface area contributed by atoms with Crippen LogP contribution in [0.2, 0.25) is 0 Å². The van der Waals surface area contributed by atoms with Crippen LogP contribution in [0.4, 0.5) is 0 Å². The third-order valence-corrected chi connectivity index (χ3v) is 12.6. The predicted molar refractivity (Wildman–Crippen MR) is 238 cm³/mol. The minimum Gasteiger partial charge on any atom is -0.456 e. The summed E-state index contributed by atoms with van der Waals surface area (Å²) >= 11 is 1.85. The maximum Gasteiger partial charge on any atom is 0.136 e. The molecule has 6 heteroatoms. The Morgan fingerprint density at radius 3 is 2.00 bits per heavy atom. The minimum absolute atomic E-state index is 0.211. The van der Waals surface area contributed by atoms with Crippen molar-refractivity contribution in [3.05, 3.63) is 199 Å². The smallest absolute Gasteiger partial charge is 0.136 e. The number of nitrogens with one attached hydrogen (secondary N) is 2. The van der Waals surface area contributed by atoms with Gasteiger partial charge in [0.2, 0.25) is 0 Å². The zero-order valence-electron chi connectivity index (χ0n) is 30.7. The molecular weight excluding hydrogens is 717 g/mol. The number of aromatic nitrogens is 1. The molecule has 57 heavy (non-hydrogen) atoms. The first kappa shape index (κ1) is 32.3. The lowest BCUT2D eigenvalue weighted by Crippen LogP contribution is -2.45. The van der Waals surface area contributed by atoms with Gasteiger partial charge in [-0.3, -0.25) is 5.32 Å². The normalized spacial score (nSPS) is 15.9. The Hall–Kier alpha value is -6.99. The number of para-hydroxylation sites is 2. The topological polar surface area (TPSA) is 54.5 Å². The standard InChI is InChI=1S/C51H34N4OS/c1-3-14-31(15-4-1)49-52-50(32-16-5-2-6-17-32)54-51(53-49)38-21-11-25-42-46(38)37-29-28-33(30-43(37)56-42)34-20-12-26-44-47(34)48-41(24-13-27-45(48)57-44)55-39-22-9-7-18-35(39)36-19-8-10-23-40(36)55/h1-30,49,51,53H,(H,52,54). The molecule has 1 aliphatic rings. The number of benzene rings is 8. The fraction of sp³-hybridized carbons (Fsp3) is 0.0392. The van der Waals surface area contributed by atoms with E-state index in [9.17, 15) is 0 Å². The minimum atomic E-state index is -0.221. The number of hydrogen-bond acceptors (Lipinski definition) is 5. The van der Waals surface area contributed by atoms with E-state index in [4.69, 9.17) is 9.41 Å². The van der Waals surface area contributed by atoms with E-state index in [0.717, 1.165) is 50.0 Å². The van der Waals surface area contributed by atoms with Crippen molar-refractivity contribution >= 4 is 81.1 Å². The fourth-order valence-corrected chi connectivity index (χ4v) is 10.1. The van der Waals surface area contributed by atoms with Gasteiger partial charge < -0.3 is 14.3 Å². The molecule has 8 aromatic carbocycles. The summed E-state index contributed by atoms with van der Waals surface area (Å²) in [7, 11) is 0. The molecule has 1 aliphatic heterocycles. The van der Waals surface area contributed by atoms with Crippen LogP contribution in [0.3, 0.4) is 0 Å². The lowest BCUT2D eigenvalue weighted by molar-refractivity contribution is 0.411. The van der Waals surface area contributed by atoms with Crippen molar-refractivity contribution in [3.8, 4) is 16.8 Å². The van der Waals surface area contributed by atoms with Crippen molar-refractivity contribution in [3.63, 3.8) is 0 Å². The molecule has 0 saturated carbocycles. The molecule has 270 valence electrons. The fourth-order valence-electron chi connectivity index (χ4n) is 8.99. The third kappa shape index (κ3) is 5.08. The van der Waals surface area contributed by atoms with E-state index in [-0.39, 0.29) is 12.3 Å². The van der Waals surface area contributed by atoms with Gasteiger partial charge in [0.25, 0.3) is 0 Å². The zero-order valence-corrected chi connectivity index (χ0v) is 31.5. The van der Waals surface area contributed by atoms with Crippen LogP contribution in [0.15, 0.2) is 191 Å². The zero-order chi connectivity index (χ0) is 37.5. The molecule has 0 spiro atoms. The Bertz CT molecular complexity index is 3320. The van der Waals surface area contributed by atoms with Crippen molar-refractivity contribution in [2.24, 2.45) is 4.99 Å². The summed E-state index contributed by atoms with van der Waals surface area (Å²) in [6.45, 7) is 0. The van der Waals surface area contributed by atoms with Gasteiger partial charge >= 0.3 is 0 Å². The number of thiophene rings is 1. The maximum absolute atomic E-state index is 6.74. The van der Waals surface area contributed by atoms with Crippen LogP contribution in [0.5, 0.6) is 0 Å². The molecule has 0 aliphatic carbocycles. The highest BCUT2D eigenvalue weighted by atomic mass is 32.1. The van der Waals surface area contributed by atoms with Crippen LogP contribution in [0.1, 0.15) is 29.0 Å². The van der Waals surface area contributed by atoms with E-state index in [0.29, 0.717) is 0 Å². The van der Waals surface area contributed by atoms with Crippen molar-refractivity contribution in [2.75, 3.05) is 0 Å². The van der Waals surface area contributed by atoms with Crippen LogP contribution < -0.4 is 10.6 Å². The number of furan rings is 1. The van der Waals surface area contributed by atoms with Crippen LogP contribution >= 0.6 is 11.3 Å². The number of fused-ring (bicyclic) bond motifs is 9. The van der Waals surface area contributed by atoms with Crippen LogP contribution in [-0.2, 0) is 0 Å². The number of rotatable bonds is 5. The SMILES string of the molecule is c1ccc(C2=NC(c3ccccc3)NC(c3cccc4oc5cc(-c6cccc7sc8cccc(-n9c%10ccccc%10c%10ccccc%109)c8c67)ccc5c34)N2)cc1. The Kier molecular flexibility index (Phi) is 7.24. The molecule has 4 heterocycles. The molecule has 5 nitrogen and oxygen atoms in total. The molecule has 0 fully saturated rings. The van der Waals surface area contributed by atoms with Gasteiger partial charge in [-0.05, 0) is 65.2 Å². The van der Waals surface area contributed by atoms with E-state index in [1.165, 1.54) is 53.2 Å². The lowest BCUT2D eigenvalue weighted by atomic mass is 9.96. The van der Waals surface area contributed by atoms with Gasteiger partial charge in [-0.15, -0.1) is 11.3 Å². The summed E-state index contributed by atoms with van der Waals surface area (Å²) in [6, 6.07) is 64.8. The average Bonchev–Trinajstić information content (AvgIpc) is 3.96. The monoisotopic (exact) mass is 750 g/mol. The van der Waals surface area contributed by atoms with E-state index >= 15 is 0 Å². The number of nitrogens with zero attached hydrogens (tertiary/aromatic N) is 2. The van der Waals surface area contributed by atoms with Gasteiger partial charge in [-0.1, -0.05) is 133 Å². The molecule has 2 atom stereocenters. The molecule has 2 N–H and O–H groups in total. The van der Waals surface area contributed by atoms with Crippen molar-refractivity contribution < 1.29 is 4.42 Å². The van der Waals surface area contributed by atoms with Gasteiger partial charge in [-0.25, -0.2) is 4.99 Å². The summed E-state index contributed by atoms with van der Waals surface area (Å²) < 4.78 is 11.7. The predicted octanol–water partition coefficient (Wildman–Crippen LogP) is 13.1. The molecule has 11 aromatic rings. The van der Waals surface area contributed by atoms with Crippen LogP contribution in [0, 0.1) is 0 Å². The molecule has 2 unspecified atom stereocenters. The second kappa shape index (κ2) is 12.8. The summed E-state index contributed by atoms with van der Waals surface area (Å²) in [6.07, 6.45) is -0.432. The van der Waals surface area contributed by atoms with Gasteiger partial charge in [0, 0.05) is 52.8 Å². The Morgan fingerprint density at radius 1 is 0.526 bits per heavy atom. The maximum atomic E-state index is 6.74. The highest BCUT2D eigenvalue weighted by Crippen LogP contribution is 2.45. The number of amidine groups is 1. The second-order valence-electron chi connectivity index (χ2n) is 14.7. The molecule has 12 rings (SSSR count). The van der Waals surface area contributed by atoms with Gasteiger partial charge in [0.1, 0.15) is 29.3 Å². The lowest BCUT2D eigenvalue weighted by Gasteiger charge is -2.32. The first-order valence-corrected chi connectivity index (χ1v) is 20.2. The summed E-state index contributed by atoms with van der Waals surface area (Å²) in [5, 5.41) is 14.8. The van der Waals surface area contributed by atoms with Gasteiger partial charge in [-0.2, -0.15) is 0 Å². The molecule has 0 saturated heterocycles. The Labute approximate surface area is 332 Å². The summed E-state index contributed by atoms with van der Waals surface area (Å²) in [4.78, 5) is 5.14. The van der Waals surface area contributed by atoms with E-state index < -0.39 is 0 Å². The van der Waals surface area contributed by atoms with Crippen LogP contribution in [0.25, 0.3) is 80.7 Å². The second-order valence-corrected chi connectivity index (χ2v) is 15.8. The van der Waals surface area contributed by atoms with E-state index in [1.807, 2.05) is 23.5 Å². The highest BCUT2D eigenvalue weighted by Gasteiger charge is 2.28. The third-order valence-electron chi connectivity index (χ3n) is 11.5. The van der Waals surface area contributed by atoms with Crippen molar-refractivity contribution in [1.82, 2.24) is 15.2 Å². The first-order valence-electron chi connectivity index (χ1n) is 19.4. The largest absolute Gasteiger partial charge is 0.456 e. The Balaban J connectivity index is 1.01. The highest BCUT2D eigenvalue weighted by molar-refractivity contribution is 7.26. The Morgan fingerprint density at radius 2 is 1.21 bits per heavy atom. The van der Waals surface area contributed by atoms with E-state index in [1.54, 1.807) is 0 Å². The molecular formula is C51H34N4OS. The molecule has 0 amide bonds. The van der Waals surface area contributed by atoms with Crippen molar-refractivity contribution in [1.29, 1.82) is 0 Å². The summed E-state index contributed by atoms with van der Waals surface area (Å²) in [5.74, 6) is 0.858. The van der Waals surface area contributed by atoms with Gasteiger partial charge in [0.15, 0.2) is 0 Å². The molecule has 0 bridgehead atoms. The van der Waals surface area contributed by atoms with E-state index in [2.05, 4.69) is 185 Å². The number of aliphatic imine (C=N–C) groups is 1. The van der Waals surface area contributed by atoms with Crippen molar-refractivity contribution in [2.45, 2.75) is 12.3 Å². The van der Waals surface area contributed by atoms with Gasteiger partial charge in [0.05, 0.1) is 16.7 Å². The molecule has 3 aromatic heterocycles. The number of hydrogen-bond donors (Lipinski definition) is 2. The quantitative estimate of drug-likeness (QED) is 0.184. The molecule has 0 radical (unpaired) electrons. The first-order chi connectivity index (χ1) is 28.3. The summed E-state index contributed by atoms with van der Waals surface area (Å²) in [5.41, 5.74) is 10.9. The average molecular weight is 751 g/mol.